The topological polar surface area (TPSA) is 141 Å². The van der Waals surface area contributed by atoms with Crippen LogP contribution in [0.5, 0.6) is 5.75 Å². The van der Waals surface area contributed by atoms with E-state index in [9.17, 15) is 24.7 Å². The van der Waals surface area contributed by atoms with Gasteiger partial charge in [-0.15, -0.1) is 0 Å². The van der Waals surface area contributed by atoms with E-state index in [-0.39, 0.29) is 52.5 Å². The second kappa shape index (κ2) is 10.0. The minimum Gasteiger partial charge on any atom is -0.507 e. The molecule has 31 heavy (non-hydrogen) atoms. The molecule has 0 amide bonds. The lowest BCUT2D eigenvalue weighted by Gasteiger charge is -2.19. The van der Waals surface area contributed by atoms with Crippen LogP contribution in [-0.4, -0.2) is 65.8 Å². The highest BCUT2D eigenvalue weighted by Crippen LogP contribution is 2.33. The summed E-state index contributed by atoms with van der Waals surface area (Å²) in [5.74, 6) is -1.62. The van der Waals surface area contributed by atoms with E-state index in [0.717, 1.165) is 0 Å². The van der Waals surface area contributed by atoms with E-state index < -0.39 is 18.5 Å². The predicted octanol–water partition coefficient (Wildman–Crippen LogP) is 1.90. The number of benzene rings is 1. The highest BCUT2D eigenvalue weighted by atomic mass is 16.9. The molecule has 1 N–H and O–H groups in total. The Bertz CT molecular complexity index is 934. The lowest BCUT2D eigenvalue weighted by atomic mass is 9.82. The number of morpholine rings is 1. The molecular formula is C20H23N3O8. The van der Waals surface area contributed by atoms with Gasteiger partial charge in [0.05, 0.1) is 23.8 Å². The van der Waals surface area contributed by atoms with Crippen molar-refractivity contribution in [3.05, 3.63) is 45.7 Å². The molecule has 0 radical (unpaired) electrons. The largest absolute Gasteiger partial charge is 0.507 e. The zero-order chi connectivity index (χ0) is 22.4. The van der Waals surface area contributed by atoms with Crippen LogP contribution in [0.1, 0.15) is 46.9 Å². The van der Waals surface area contributed by atoms with Crippen LogP contribution in [0.15, 0.2) is 34.6 Å². The molecule has 0 atom stereocenters. The number of phenols is 1. The van der Waals surface area contributed by atoms with E-state index in [4.69, 9.17) is 9.47 Å². The van der Waals surface area contributed by atoms with Crippen molar-refractivity contribution in [1.29, 1.82) is 0 Å². The number of allylic oxidation sites excluding steroid dienone is 2. The third-order valence-electron chi connectivity index (χ3n) is 4.96. The molecule has 0 spiro atoms. The normalized spacial score (nSPS) is 16.9. The number of ether oxygens (including phenoxy) is 2. The van der Waals surface area contributed by atoms with Gasteiger partial charge < -0.3 is 24.6 Å². The smallest absolute Gasteiger partial charge is 0.306 e. The Morgan fingerprint density at radius 3 is 2.77 bits per heavy atom. The summed E-state index contributed by atoms with van der Waals surface area (Å²) in [7, 11) is 0. The molecule has 0 unspecified atom stereocenters. The molecule has 1 heterocycles. The number of carbonyl (C=O) groups is 3. The van der Waals surface area contributed by atoms with Gasteiger partial charge in [0.2, 0.25) is 0 Å². The minimum absolute atomic E-state index is 0.0105. The van der Waals surface area contributed by atoms with Crippen molar-refractivity contribution >= 4 is 17.5 Å². The molecule has 1 aromatic carbocycles. The summed E-state index contributed by atoms with van der Waals surface area (Å²) >= 11 is 0. The second-order valence-corrected chi connectivity index (χ2v) is 6.97. The summed E-state index contributed by atoms with van der Waals surface area (Å²) in [5, 5.41) is 26.6. The predicted molar refractivity (Wildman–Crippen MR) is 104 cm³/mol. The average Bonchev–Trinajstić information content (AvgIpc) is 2.75. The van der Waals surface area contributed by atoms with Gasteiger partial charge in [-0.3, -0.25) is 14.4 Å². The van der Waals surface area contributed by atoms with Crippen LogP contribution in [0, 0.1) is 5.21 Å². The second-order valence-electron chi connectivity index (χ2n) is 6.97. The number of Topliss-reactive ketones (excluding diaryl/α,β-unsaturated/α-hetero) is 2. The fourth-order valence-corrected chi connectivity index (χ4v) is 3.32. The first-order valence-corrected chi connectivity index (χ1v) is 9.79. The molecule has 1 aliphatic carbocycles. The fourth-order valence-electron chi connectivity index (χ4n) is 3.32. The van der Waals surface area contributed by atoms with E-state index in [0.29, 0.717) is 31.9 Å². The van der Waals surface area contributed by atoms with Gasteiger partial charge in [-0.05, 0) is 25.8 Å². The molecular weight excluding hydrogens is 410 g/mol. The van der Waals surface area contributed by atoms with E-state index in [1.165, 1.54) is 23.2 Å². The third-order valence-corrected chi connectivity index (χ3v) is 4.96. The van der Waals surface area contributed by atoms with E-state index in [1.807, 2.05) is 0 Å². The number of hydrogen-bond acceptors (Lipinski definition) is 9. The van der Waals surface area contributed by atoms with Crippen molar-refractivity contribution in [1.82, 2.24) is 5.01 Å². The molecule has 1 fully saturated rings. The number of aromatic hydroxyl groups is 1. The first-order valence-electron chi connectivity index (χ1n) is 9.79. The highest BCUT2D eigenvalue weighted by molar-refractivity contribution is 6.27. The third kappa shape index (κ3) is 5.37. The van der Waals surface area contributed by atoms with Crippen LogP contribution >= 0.6 is 0 Å². The zero-order valence-electron chi connectivity index (χ0n) is 17.0. The number of esters is 1. The molecule has 11 nitrogen and oxygen atoms in total. The van der Waals surface area contributed by atoms with Gasteiger partial charge in [0.15, 0.2) is 18.4 Å². The molecule has 3 rings (SSSR count). The molecule has 166 valence electrons. The number of rotatable bonds is 8. The molecule has 0 bridgehead atoms. The number of carbonyl (C=O) groups excluding carboxylic acids is 3. The van der Waals surface area contributed by atoms with Crippen LogP contribution in [0.3, 0.4) is 0 Å². The van der Waals surface area contributed by atoms with Crippen molar-refractivity contribution in [3.8, 4) is 5.75 Å². The first kappa shape index (κ1) is 22.2. The Morgan fingerprint density at radius 1 is 1.29 bits per heavy atom. The van der Waals surface area contributed by atoms with Gasteiger partial charge in [-0.2, -0.15) is 5.01 Å². The standard InChI is InChI=1S/C20H23N3O8/c1-13-14(20(27)18-15(19(13)26)5-2-6-16(18)24)4-3-7-17(25)30-12-31-23(28)21-22-8-10-29-11-9-22/h2,5-6,24H,3-4,7-12H2,1H3/b23-21+. The van der Waals surface area contributed by atoms with Crippen molar-refractivity contribution in [2.24, 2.45) is 5.22 Å². The van der Waals surface area contributed by atoms with Crippen LogP contribution in [0.2, 0.25) is 0 Å². The van der Waals surface area contributed by atoms with Gasteiger partial charge >= 0.3 is 5.97 Å². The van der Waals surface area contributed by atoms with Gasteiger partial charge in [-0.1, -0.05) is 12.1 Å². The fraction of sp³-hybridized carbons (Fsp3) is 0.450. The number of fused-ring (bicyclic) bond motifs is 1. The van der Waals surface area contributed by atoms with Crippen LogP contribution in [-0.2, 0) is 19.1 Å². The summed E-state index contributed by atoms with van der Waals surface area (Å²) in [6.07, 6.45) is 0.363. The summed E-state index contributed by atoms with van der Waals surface area (Å²) in [4.78, 5) is 41.7. The van der Waals surface area contributed by atoms with Gasteiger partial charge in [0.25, 0.3) is 0 Å². The Hall–Kier alpha value is -3.47. The summed E-state index contributed by atoms with van der Waals surface area (Å²) in [5.41, 5.74) is 0.723. The number of hydrogen-bond donors (Lipinski definition) is 1. The minimum atomic E-state index is -0.629. The first-order chi connectivity index (χ1) is 14.9. The van der Waals surface area contributed by atoms with E-state index in [1.54, 1.807) is 6.92 Å². The highest BCUT2D eigenvalue weighted by Gasteiger charge is 2.31. The summed E-state index contributed by atoms with van der Waals surface area (Å²) < 4.78 is 9.96. The Labute approximate surface area is 178 Å². The maximum absolute atomic E-state index is 12.7. The Kier molecular flexibility index (Phi) is 7.19. The molecule has 0 saturated carbocycles. The Balaban J connectivity index is 1.45. The van der Waals surface area contributed by atoms with E-state index >= 15 is 0 Å². The molecule has 1 aliphatic heterocycles. The lowest BCUT2D eigenvalue weighted by Crippen LogP contribution is -2.33. The van der Waals surface area contributed by atoms with Gasteiger partial charge in [0.1, 0.15) is 24.1 Å². The quantitative estimate of drug-likeness (QED) is 0.281. The van der Waals surface area contributed by atoms with Gasteiger partial charge in [-0.25, -0.2) is 0 Å². The summed E-state index contributed by atoms with van der Waals surface area (Å²) in [6, 6.07) is 4.36. The maximum atomic E-state index is 12.7. The number of ketones is 2. The molecule has 1 saturated heterocycles. The van der Waals surface area contributed by atoms with Crippen LogP contribution < -0.4 is 0 Å². The maximum Gasteiger partial charge on any atom is 0.306 e. The van der Waals surface area contributed by atoms with Crippen LogP contribution in [0.4, 0.5) is 0 Å². The summed E-state index contributed by atoms with van der Waals surface area (Å²) in [6.45, 7) is 2.79. The van der Waals surface area contributed by atoms with Crippen molar-refractivity contribution in [3.63, 3.8) is 0 Å². The molecule has 0 aromatic heterocycles. The van der Waals surface area contributed by atoms with Crippen molar-refractivity contribution in [2.45, 2.75) is 26.2 Å². The lowest BCUT2D eigenvalue weighted by molar-refractivity contribution is -0.805. The zero-order valence-corrected chi connectivity index (χ0v) is 17.0. The monoisotopic (exact) mass is 433 g/mol. The number of nitrogens with zero attached hydrogens (tertiary/aromatic N) is 3. The number of phenolic OH excluding ortho intramolecular Hbond substituents is 1. The van der Waals surface area contributed by atoms with Crippen LogP contribution in [0.25, 0.3) is 0 Å². The molecule has 2 aliphatic rings. The van der Waals surface area contributed by atoms with Crippen molar-refractivity contribution < 1.29 is 38.8 Å². The van der Waals surface area contributed by atoms with Crippen molar-refractivity contribution in [2.75, 3.05) is 33.1 Å². The average molecular weight is 433 g/mol. The Morgan fingerprint density at radius 2 is 2.03 bits per heavy atom. The van der Waals surface area contributed by atoms with Gasteiger partial charge in [0, 0.05) is 23.1 Å². The SMILES string of the molecule is CC1=C(CCCC(=O)OCO/[N+]([O-])=N/N2CCOCC2)C(=O)c2c(O)cccc2C1=O. The molecule has 1 aromatic rings. The van der Waals surface area contributed by atoms with E-state index in [2.05, 4.69) is 10.1 Å². The molecule has 11 heteroatoms.